The second kappa shape index (κ2) is 38.2. The second-order valence-corrected chi connectivity index (χ2v) is 21.1. The van der Waals surface area contributed by atoms with E-state index in [1.54, 1.807) is 0 Å². The van der Waals surface area contributed by atoms with Gasteiger partial charge in [0.2, 0.25) is 0 Å². The molecule has 420 valence electrons. The molecule has 75 heavy (non-hydrogen) atoms. The molecular formula is C54H83N3O16P2. The van der Waals surface area contributed by atoms with Crippen LogP contribution in [-0.2, 0) is 51.0 Å². The lowest BCUT2D eigenvalue weighted by atomic mass is 10.1. The third-order valence-corrected chi connectivity index (χ3v) is 14.2. The van der Waals surface area contributed by atoms with Crippen LogP contribution in [0.3, 0.4) is 0 Å². The zero-order chi connectivity index (χ0) is 54.6. The van der Waals surface area contributed by atoms with Gasteiger partial charge in [0.05, 0.1) is 25.4 Å². The van der Waals surface area contributed by atoms with Crippen LogP contribution in [-0.4, -0.2) is 97.9 Å². The van der Waals surface area contributed by atoms with Gasteiger partial charge in [-0.25, -0.2) is 13.9 Å². The number of aromatic nitrogens is 2. The number of allylic oxidation sites excluding steroid dienone is 14. The van der Waals surface area contributed by atoms with E-state index in [1.165, 1.54) is 44.6 Å². The molecule has 0 radical (unpaired) electrons. The first-order chi connectivity index (χ1) is 36.1. The molecule has 3 heterocycles. The Morgan fingerprint density at radius 3 is 1.73 bits per heavy atom. The Bertz CT molecular complexity index is 2210. The SMILES string of the molecule is CCCCC/C=C\C/C=C\C/C=C\C/C=C\C/C=C\CCC(=O)OC[C@H](COP(=O)(O)OP(=O)(O)OC[C@H]1O[C@@H](n2ccc(N)nc2=O)[C@H](O)[C@@H]1O)OC(=O)CCC/C=C\C/C=C\CC1OC1C/C=C\CCCCC. The van der Waals surface area contributed by atoms with Crippen LogP contribution in [0.25, 0.3) is 0 Å². The van der Waals surface area contributed by atoms with Crippen LogP contribution in [0.1, 0.15) is 148 Å². The minimum absolute atomic E-state index is 0.0165. The standard InChI is InChI=1S/C54H83N3O16P2/c1-3-5-7-9-11-12-13-14-15-16-17-18-19-20-21-22-25-29-33-37-49(58)67-41-44(70-50(59)38-34-30-26-23-24-28-32-36-46-45(71-46)35-31-27-10-8-6-4-2)42-68-74(63,64)73-75(65,66)69-43-47-51(60)52(61)53(72-47)57-40-39-48(55)56-54(57)62/h11-12,14-15,17-18,20-21,23,25-29,31-32,39-40,44-47,51-53,60-61H,3-10,13,16,19,22,24,30,33-38,41-43H2,1-2H3,(H,63,64)(H,65,66)(H2,55,56,62)/b12-11-,15-14-,18-17-,21-20-,26-23-,29-25-,31-27-,32-28-/t44-,45?,46?,47-,51-,52-,53-/m1/s1. The number of aliphatic hydroxyl groups excluding tert-OH is 2. The zero-order valence-corrected chi connectivity index (χ0v) is 45.5. The van der Waals surface area contributed by atoms with Crippen LogP contribution in [0.4, 0.5) is 5.82 Å². The van der Waals surface area contributed by atoms with Crippen molar-refractivity contribution in [3.63, 3.8) is 0 Å². The molecule has 0 spiro atoms. The highest BCUT2D eigenvalue weighted by atomic mass is 31.3. The number of nitrogens with zero attached hydrogens (tertiary/aromatic N) is 2. The maximum Gasteiger partial charge on any atom is 0.481 e. The van der Waals surface area contributed by atoms with Crippen molar-refractivity contribution in [2.24, 2.45) is 0 Å². The average molecular weight is 1090 g/mol. The maximum atomic E-state index is 12.9. The molecule has 2 aliphatic rings. The first kappa shape index (κ1) is 64.9. The van der Waals surface area contributed by atoms with E-state index in [2.05, 4.69) is 90.0 Å². The third kappa shape index (κ3) is 30.2. The fourth-order valence-corrected chi connectivity index (χ4v) is 9.44. The number of nitrogen functional groups attached to an aromatic ring is 1. The van der Waals surface area contributed by atoms with E-state index in [-0.39, 0.29) is 30.9 Å². The summed E-state index contributed by atoms with van der Waals surface area (Å²) in [5.41, 5.74) is 4.58. The smallest absolute Gasteiger partial charge is 0.462 e. The highest BCUT2D eigenvalue weighted by Gasteiger charge is 2.46. The monoisotopic (exact) mass is 1090 g/mol. The average Bonchev–Trinajstić information content (AvgIpc) is 4.06. The zero-order valence-electron chi connectivity index (χ0n) is 43.8. The van der Waals surface area contributed by atoms with Gasteiger partial charge in [0.1, 0.15) is 30.7 Å². The number of anilines is 1. The lowest BCUT2D eigenvalue weighted by Crippen LogP contribution is -2.36. The fraction of sp³-hybridized carbons (Fsp3) is 0.593. The van der Waals surface area contributed by atoms with Crippen molar-refractivity contribution in [1.82, 2.24) is 9.55 Å². The Labute approximate surface area is 443 Å². The van der Waals surface area contributed by atoms with E-state index in [0.717, 1.165) is 55.7 Å². The van der Waals surface area contributed by atoms with Gasteiger partial charge in [0, 0.05) is 19.0 Å². The minimum Gasteiger partial charge on any atom is -0.462 e. The second-order valence-electron chi connectivity index (χ2n) is 18.1. The summed E-state index contributed by atoms with van der Waals surface area (Å²) >= 11 is 0. The number of hydrogen-bond acceptors (Lipinski definition) is 16. The molecule has 2 aliphatic heterocycles. The molecule has 2 fully saturated rings. The summed E-state index contributed by atoms with van der Waals surface area (Å²) in [7, 11) is -10.9. The predicted molar refractivity (Wildman–Crippen MR) is 288 cm³/mol. The van der Waals surface area contributed by atoms with Gasteiger partial charge in [-0.3, -0.25) is 23.2 Å². The number of epoxide rings is 1. The van der Waals surface area contributed by atoms with Gasteiger partial charge in [-0.05, 0) is 96.0 Å². The summed E-state index contributed by atoms with van der Waals surface area (Å²) in [5, 5.41) is 20.9. The van der Waals surface area contributed by atoms with Crippen LogP contribution in [0.2, 0.25) is 0 Å². The Morgan fingerprint density at radius 1 is 0.653 bits per heavy atom. The number of unbranched alkanes of at least 4 members (excludes halogenated alkanes) is 7. The van der Waals surface area contributed by atoms with Crippen molar-refractivity contribution in [2.45, 2.75) is 185 Å². The van der Waals surface area contributed by atoms with Crippen molar-refractivity contribution in [3.8, 4) is 0 Å². The number of phosphoric ester groups is 2. The summed E-state index contributed by atoms with van der Waals surface area (Å²) in [5.74, 6) is -1.48. The normalized spacial score (nSPS) is 22.3. The number of aliphatic hydroxyl groups is 2. The minimum atomic E-state index is -5.46. The number of esters is 2. The molecule has 0 saturated carbocycles. The third-order valence-electron chi connectivity index (χ3n) is 11.6. The first-order valence-corrected chi connectivity index (χ1v) is 29.4. The molecule has 0 aliphatic carbocycles. The number of phosphoric acid groups is 2. The Morgan fingerprint density at radius 2 is 1.16 bits per heavy atom. The first-order valence-electron chi connectivity index (χ1n) is 26.4. The molecule has 21 heteroatoms. The quantitative estimate of drug-likeness (QED) is 0.0134. The van der Waals surface area contributed by atoms with Gasteiger partial charge < -0.3 is 44.7 Å². The van der Waals surface area contributed by atoms with Gasteiger partial charge in [0.25, 0.3) is 0 Å². The molecule has 6 N–H and O–H groups in total. The van der Waals surface area contributed by atoms with E-state index >= 15 is 0 Å². The summed E-state index contributed by atoms with van der Waals surface area (Å²) < 4.78 is 62.4. The van der Waals surface area contributed by atoms with Crippen LogP contribution in [0.15, 0.2) is 114 Å². The van der Waals surface area contributed by atoms with Crippen molar-refractivity contribution in [1.29, 1.82) is 0 Å². The van der Waals surface area contributed by atoms with Gasteiger partial charge in [-0.1, -0.05) is 137 Å². The van der Waals surface area contributed by atoms with Crippen molar-refractivity contribution < 1.29 is 71.0 Å². The largest absolute Gasteiger partial charge is 0.481 e. The predicted octanol–water partition coefficient (Wildman–Crippen LogP) is 10.2. The van der Waals surface area contributed by atoms with Crippen molar-refractivity contribution in [3.05, 3.63) is 120 Å². The van der Waals surface area contributed by atoms with Gasteiger partial charge in [-0.15, -0.1) is 0 Å². The van der Waals surface area contributed by atoms with Gasteiger partial charge in [-0.2, -0.15) is 9.29 Å². The molecule has 3 rings (SSSR count). The van der Waals surface area contributed by atoms with E-state index in [0.29, 0.717) is 32.1 Å². The van der Waals surface area contributed by atoms with Crippen LogP contribution in [0.5, 0.6) is 0 Å². The van der Waals surface area contributed by atoms with Crippen molar-refractivity contribution in [2.75, 3.05) is 25.6 Å². The maximum absolute atomic E-state index is 12.9. The molecule has 0 amide bonds. The lowest BCUT2D eigenvalue weighted by Gasteiger charge is -2.21. The summed E-state index contributed by atoms with van der Waals surface area (Å²) in [6.45, 7) is 1.96. The molecule has 2 saturated heterocycles. The molecular weight excluding hydrogens is 1010 g/mol. The fourth-order valence-electron chi connectivity index (χ4n) is 7.33. The number of carbonyl (C=O) groups excluding carboxylic acids is 2. The molecule has 0 bridgehead atoms. The van der Waals surface area contributed by atoms with E-state index in [9.17, 15) is 43.5 Å². The Hall–Kier alpha value is -4.36. The van der Waals surface area contributed by atoms with Crippen molar-refractivity contribution >= 4 is 33.4 Å². The van der Waals surface area contributed by atoms with Crippen LogP contribution < -0.4 is 11.4 Å². The highest BCUT2D eigenvalue weighted by Crippen LogP contribution is 2.60. The van der Waals surface area contributed by atoms with Gasteiger partial charge >= 0.3 is 33.3 Å². The number of hydrogen-bond donors (Lipinski definition) is 5. The highest BCUT2D eigenvalue weighted by molar-refractivity contribution is 7.61. The van der Waals surface area contributed by atoms with E-state index in [4.69, 9.17) is 33.7 Å². The molecule has 9 atom stereocenters. The molecule has 1 aromatic heterocycles. The van der Waals surface area contributed by atoms with E-state index < -0.39 is 83.7 Å². The topological polar surface area (TPSA) is 278 Å². The Balaban J connectivity index is 1.43. The summed E-state index contributed by atoms with van der Waals surface area (Å²) in [6.07, 6.45) is 43.9. The molecule has 0 aromatic carbocycles. The number of carbonyl (C=O) groups is 2. The molecule has 19 nitrogen and oxygen atoms in total. The van der Waals surface area contributed by atoms with Crippen LogP contribution in [0, 0.1) is 0 Å². The Kier molecular flexibility index (Phi) is 33.1. The number of ether oxygens (including phenoxy) is 4. The van der Waals surface area contributed by atoms with Crippen LogP contribution >= 0.6 is 15.6 Å². The number of rotatable bonds is 41. The molecule has 1 aromatic rings. The van der Waals surface area contributed by atoms with Gasteiger partial charge in [0.15, 0.2) is 12.3 Å². The summed E-state index contributed by atoms with van der Waals surface area (Å²) in [6, 6.07) is 1.24. The summed E-state index contributed by atoms with van der Waals surface area (Å²) in [4.78, 5) is 62.0. The molecule has 4 unspecified atom stereocenters. The lowest BCUT2D eigenvalue weighted by molar-refractivity contribution is -0.161. The number of nitrogens with two attached hydrogens (primary N) is 1. The van der Waals surface area contributed by atoms with E-state index in [1.807, 2.05) is 30.4 Å².